The van der Waals surface area contributed by atoms with E-state index in [0.29, 0.717) is 43.6 Å². The summed E-state index contributed by atoms with van der Waals surface area (Å²) in [6.07, 6.45) is 3.24. The van der Waals surface area contributed by atoms with Crippen molar-refractivity contribution in [2.45, 2.75) is 13.0 Å². The minimum absolute atomic E-state index is 0.0258. The van der Waals surface area contributed by atoms with Crippen LogP contribution in [0.1, 0.15) is 24.1 Å². The van der Waals surface area contributed by atoms with Crippen LogP contribution >= 0.6 is 11.3 Å². The molecule has 1 aromatic heterocycles. The Morgan fingerprint density at radius 1 is 1.00 bits per heavy atom. The molecule has 9 nitrogen and oxygen atoms in total. The highest BCUT2D eigenvalue weighted by Gasteiger charge is 2.34. The van der Waals surface area contributed by atoms with Crippen molar-refractivity contribution >= 4 is 23.4 Å². The van der Waals surface area contributed by atoms with Gasteiger partial charge in [-0.2, -0.15) is 0 Å². The van der Waals surface area contributed by atoms with Crippen LogP contribution in [0.15, 0.2) is 70.1 Å². The molecule has 2 heterocycles. The molecule has 0 amide bonds. The Hall–Kier alpha value is -4.31. The Morgan fingerprint density at radius 2 is 1.63 bits per heavy atom. The number of nitrogens with zero attached hydrogens (tertiary/aromatic N) is 2. The van der Waals surface area contributed by atoms with Crippen LogP contribution in [0, 0.1) is 0 Å². The molecule has 0 aliphatic carbocycles. The first kappa shape index (κ1) is 26.7. The van der Waals surface area contributed by atoms with Crippen molar-refractivity contribution in [3.8, 4) is 23.0 Å². The van der Waals surface area contributed by atoms with E-state index in [1.54, 1.807) is 57.6 Å². The van der Waals surface area contributed by atoms with Crippen LogP contribution in [0.3, 0.4) is 0 Å². The van der Waals surface area contributed by atoms with E-state index in [2.05, 4.69) is 11.6 Å². The van der Waals surface area contributed by atoms with E-state index in [4.69, 9.17) is 23.7 Å². The van der Waals surface area contributed by atoms with Gasteiger partial charge >= 0.3 is 5.97 Å². The summed E-state index contributed by atoms with van der Waals surface area (Å²) >= 11 is 1.23. The normalized spacial score (nSPS) is 14.9. The lowest BCUT2D eigenvalue weighted by Gasteiger charge is -2.25. The average Bonchev–Trinajstić information content (AvgIpc) is 3.24. The number of carbonyl (C=O) groups is 1. The van der Waals surface area contributed by atoms with Crippen molar-refractivity contribution in [1.29, 1.82) is 0 Å². The molecule has 0 N–H and O–H groups in total. The van der Waals surface area contributed by atoms with Crippen LogP contribution in [0.2, 0.25) is 0 Å². The van der Waals surface area contributed by atoms with Gasteiger partial charge in [-0.15, -0.1) is 0 Å². The van der Waals surface area contributed by atoms with Gasteiger partial charge in [0, 0.05) is 0 Å². The second-order valence-corrected chi connectivity index (χ2v) is 9.21. The van der Waals surface area contributed by atoms with E-state index in [1.165, 1.54) is 36.2 Å². The minimum Gasteiger partial charge on any atom is -0.493 e. The quantitative estimate of drug-likeness (QED) is 0.306. The van der Waals surface area contributed by atoms with E-state index >= 15 is 0 Å². The molecule has 0 unspecified atom stereocenters. The zero-order chi connectivity index (χ0) is 27.4. The van der Waals surface area contributed by atoms with Crippen molar-refractivity contribution in [1.82, 2.24) is 4.57 Å². The summed E-state index contributed by atoms with van der Waals surface area (Å²) in [4.78, 5) is 32.1. The van der Waals surface area contributed by atoms with Crippen LogP contribution in [-0.4, -0.2) is 45.6 Å². The zero-order valence-electron chi connectivity index (χ0n) is 21.8. The Bertz CT molecular complexity index is 1600. The lowest BCUT2D eigenvalue weighted by Crippen LogP contribution is -2.40. The molecule has 0 fully saturated rings. The average molecular weight is 537 g/mol. The largest absolute Gasteiger partial charge is 0.493 e. The van der Waals surface area contributed by atoms with E-state index < -0.39 is 12.0 Å². The predicted molar refractivity (Wildman–Crippen MR) is 144 cm³/mol. The van der Waals surface area contributed by atoms with Crippen LogP contribution in [0.4, 0.5) is 0 Å². The van der Waals surface area contributed by atoms with Crippen LogP contribution in [0.5, 0.6) is 23.0 Å². The second-order valence-electron chi connectivity index (χ2n) is 8.20. The first-order valence-corrected chi connectivity index (χ1v) is 12.4. The molecule has 10 heteroatoms. The Morgan fingerprint density at radius 3 is 2.26 bits per heavy atom. The smallest absolute Gasteiger partial charge is 0.338 e. The maximum absolute atomic E-state index is 13.8. The highest BCUT2D eigenvalue weighted by Crippen LogP contribution is 2.36. The number of hydrogen-bond donors (Lipinski definition) is 0. The molecular weight excluding hydrogens is 508 g/mol. The number of aromatic nitrogens is 1. The van der Waals surface area contributed by atoms with Crippen LogP contribution in [0.25, 0.3) is 6.08 Å². The fraction of sp³-hybridized carbons (Fsp3) is 0.250. The molecular formula is C28H28N2O7S. The van der Waals surface area contributed by atoms with Gasteiger partial charge < -0.3 is 23.7 Å². The summed E-state index contributed by atoms with van der Waals surface area (Å²) in [5.41, 5.74) is 1.80. The van der Waals surface area contributed by atoms with Gasteiger partial charge in [0.1, 0.15) is 6.61 Å². The minimum atomic E-state index is -0.795. The summed E-state index contributed by atoms with van der Waals surface area (Å²) in [5.74, 6) is 1.53. The number of fused-ring (bicyclic) bond motifs is 1. The Labute approximate surface area is 223 Å². The Balaban J connectivity index is 1.94. The highest BCUT2D eigenvalue weighted by molar-refractivity contribution is 7.07. The number of thiazole rings is 1. The fourth-order valence-electron chi connectivity index (χ4n) is 4.23. The SMILES string of the molecule is C=CCOC(=O)C1=C(C)N=c2s/c(=C\c3ccc(OC)c(OC)c3)c(=O)n2[C@@H]1c1ccc(OC)c(OC)c1. The maximum Gasteiger partial charge on any atom is 0.338 e. The van der Waals surface area contributed by atoms with E-state index in [0.717, 1.165) is 5.56 Å². The van der Waals surface area contributed by atoms with Gasteiger partial charge in [-0.1, -0.05) is 36.1 Å². The lowest BCUT2D eigenvalue weighted by atomic mass is 9.95. The fourth-order valence-corrected chi connectivity index (χ4v) is 5.27. The van der Waals surface area contributed by atoms with Gasteiger partial charge in [-0.05, 0) is 48.4 Å². The number of rotatable bonds is 9. The van der Waals surface area contributed by atoms with Gasteiger partial charge in [0.2, 0.25) is 0 Å². The molecule has 0 radical (unpaired) electrons. The third-order valence-electron chi connectivity index (χ3n) is 6.00. The second kappa shape index (κ2) is 11.4. The van der Waals surface area contributed by atoms with Crippen molar-refractivity contribution in [2.75, 3.05) is 35.0 Å². The number of hydrogen-bond acceptors (Lipinski definition) is 9. The lowest BCUT2D eigenvalue weighted by molar-refractivity contribution is -0.138. The van der Waals surface area contributed by atoms with E-state index in [-0.39, 0.29) is 17.7 Å². The molecule has 2 aromatic carbocycles. The number of esters is 1. The molecule has 1 aliphatic heterocycles. The molecule has 1 aliphatic rings. The molecule has 0 saturated heterocycles. The summed E-state index contributed by atoms with van der Waals surface area (Å²) in [6, 6.07) is 9.85. The zero-order valence-corrected chi connectivity index (χ0v) is 22.6. The number of methoxy groups -OCH3 is 4. The standard InChI is InChI=1S/C28H28N2O7S/c1-7-12-37-27(32)24-16(2)29-28-30(25(24)18-9-11-20(34-4)22(15-18)36-6)26(31)23(38-28)14-17-8-10-19(33-3)21(13-17)35-5/h7-11,13-15,25H,1,12H2,2-6H3/b23-14-/t25-/m1/s1. The molecule has 4 rings (SSSR count). The van der Waals surface area contributed by atoms with Gasteiger partial charge in [-0.25, -0.2) is 9.79 Å². The molecule has 1 atom stereocenters. The van der Waals surface area contributed by atoms with Gasteiger partial charge in [-0.3, -0.25) is 9.36 Å². The maximum atomic E-state index is 13.8. The topological polar surface area (TPSA) is 97.6 Å². The third kappa shape index (κ3) is 4.95. The molecule has 198 valence electrons. The molecule has 0 spiro atoms. The molecule has 0 saturated carbocycles. The van der Waals surface area contributed by atoms with Crippen LogP contribution < -0.4 is 33.8 Å². The number of carbonyl (C=O) groups excluding carboxylic acids is 1. The molecule has 0 bridgehead atoms. The first-order valence-electron chi connectivity index (χ1n) is 11.6. The van der Waals surface area contributed by atoms with Gasteiger partial charge in [0.25, 0.3) is 5.56 Å². The van der Waals surface area contributed by atoms with Crippen molar-refractivity contribution in [3.63, 3.8) is 0 Å². The van der Waals surface area contributed by atoms with Gasteiger partial charge in [0.15, 0.2) is 27.8 Å². The number of benzene rings is 2. The molecule has 38 heavy (non-hydrogen) atoms. The van der Waals surface area contributed by atoms with E-state index in [1.807, 2.05) is 6.07 Å². The summed E-state index contributed by atoms with van der Waals surface area (Å²) < 4.78 is 28.9. The number of ether oxygens (including phenoxy) is 5. The van der Waals surface area contributed by atoms with Crippen molar-refractivity contribution in [3.05, 3.63) is 91.1 Å². The summed E-state index contributed by atoms with van der Waals surface area (Å²) in [6.45, 7) is 5.36. The monoisotopic (exact) mass is 536 g/mol. The summed E-state index contributed by atoms with van der Waals surface area (Å²) in [7, 11) is 6.17. The van der Waals surface area contributed by atoms with E-state index in [9.17, 15) is 9.59 Å². The van der Waals surface area contributed by atoms with Crippen LogP contribution in [-0.2, 0) is 9.53 Å². The summed E-state index contributed by atoms with van der Waals surface area (Å²) in [5, 5.41) is 0. The molecule has 3 aromatic rings. The van der Waals surface area contributed by atoms with Crippen molar-refractivity contribution < 1.29 is 28.5 Å². The van der Waals surface area contributed by atoms with Crippen molar-refractivity contribution in [2.24, 2.45) is 4.99 Å². The predicted octanol–water partition coefficient (Wildman–Crippen LogP) is 3.00. The first-order chi connectivity index (χ1) is 18.4. The van der Waals surface area contributed by atoms with Gasteiger partial charge in [0.05, 0.1) is 50.3 Å². The number of allylic oxidation sites excluding steroid dienone is 1. The Kier molecular flexibility index (Phi) is 8.02. The highest BCUT2D eigenvalue weighted by atomic mass is 32.1. The third-order valence-corrected chi connectivity index (χ3v) is 6.99.